The van der Waals surface area contributed by atoms with Crippen molar-refractivity contribution in [3.05, 3.63) is 65.9 Å². The molecule has 2 aromatic carbocycles. The third-order valence-corrected chi connectivity index (χ3v) is 4.09. The van der Waals surface area contributed by atoms with Crippen LogP contribution in [0.4, 0.5) is 0 Å². The van der Waals surface area contributed by atoms with E-state index in [2.05, 4.69) is 4.98 Å². The van der Waals surface area contributed by atoms with Gasteiger partial charge < -0.3 is 5.11 Å². The van der Waals surface area contributed by atoms with Gasteiger partial charge in [-0.05, 0) is 23.8 Å². The van der Waals surface area contributed by atoms with E-state index >= 15 is 0 Å². The van der Waals surface area contributed by atoms with E-state index in [0.717, 1.165) is 27.3 Å². The van der Waals surface area contributed by atoms with Crippen LogP contribution in [0.3, 0.4) is 0 Å². The van der Waals surface area contributed by atoms with Crippen molar-refractivity contribution in [3.63, 3.8) is 0 Å². The fraction of sp³-hybridized carbons (Fsp3) is 0.111. The van der Waals surface area contributed by atoms with Crippen LogP contribution in [0.15, 0.2) is 59.6 Å². The molecule has 1 aromatic heterocycles. The molecule has 0 atom stereocenters. The summed E-state index contributed by atoms with van der Waals surface area (Å²) >= 11 is 1.52. The van der Waals surface area contributed by atoms with Crippen LogP contribution in [0.1, 0.15) is 11.3 Å². The van der Waals surface area contributed by atoms with E-state index in [1.807, 2.05) is 66.7 Å². The molecule has 1 N–H and O–H groups in total. The molecule has 110 valence electrons. The highest BCUT2D eigenvalue weighted by atomic mass is 32.2. The number of nitrogens with zero attached hydrogens (tertiary/aromatic N) is 2. The lowest BCUT2D eigenvalue weighted by Gasteiger charge is -2.06. The van der Waals surface area contributed by atoms with Crippen molar-refractivity contribution in [2.24, 2.45) is 0 Å². The number of hydrogen-bond acceptors (Lipinski definition) is 4. The highest BCUT2D eigenvalue weighted by Gasteiger charge is 2.06. The fourth-order valence-corrected chi connectivity index (χ4v) is 2.80. The van der Waals surface area contributed by atoms with Crippen LogP contribution < -0.4 is 0 Å². The van der Waals surface area contributed by atoms with Gasteiger partial charge in [-0.2, -0.15) is 0 Å². The Kier molecular flexibility index (Phi) is 4.83. The molecule has 0 bridgehead atoms. The minimum Gasteiger partial charge on any atom is -0.396 e. The van der Waals surface area contributed by atoms with Crippen LogP contribution in [0.25, 0.3) is 23.2 Å². The quantitative estimate of drug-likeness (QED) is 0.727. The number of benzene rings is 2. The Morgan fingerprint density at radius 1 is 0.864 bits per heavy atom. The molecule has 0 radical (unpaired) electrons. The highest BCUT2D eigenvalue weighted by Crippen LogP contribution is 2.23. The van der Waals surface area contributed by atoms with E-state index < -0.39 is 0 Å². The minimum absolute atomic E-state index is 0.126. The molecule has 0 saturated carbocycles. The average Bonchev–Trinajstić information content (AvgIpc) is 2.58. The monoisotopic (exact) mass is 308 g/mol. The molecule has 0 fully saturated rings. The lowest BCUT2D eigenvalue weighted by molar-refractivity contribution is 0.322. The van der Waals surface area contributed by atoms with E-state index in [9.17, 15) is 0 Å². The Hall–Kier alpha value is -2.17. The molecular formula is C18H16N2OS. The second kappa shape index (κ2) is 7.20. The van der Waals surface area contributed by atoms with Crippen LogP contribution in [-0.4, -0.2) is 27.4 Å². The van der Waals surface area contributed by atoms with Gasteiger partial charge in [-0.3, -0.25) is 0 Å². The van der Waals surface area contributed by atoms with Crippen molar-refractivity contribution in [2.75, 3.05) is 12.4 Å². The number of hydrogen-bond donors (Lipinski definition) is 1. The summed E-state index contributed by atoms with van der Waals surface area (Å²) in [6.45, 7) is 0.126. The maximum Gasteiger partial charge on any atom is 0.123 e. The van der Waals surface area contributed by atoms with Gasteiger partial charge in [0.05, 0.1) is 23.3 Å². The smallest absolute Gasteiger partial charge is 0.123 e. The van der Waals surface area contributed by atoms with Gasteiger partial charge in [-0.25, -0.2) is 9.97 Å². The van der Waals surface area contributed by atoms with E-state index in [0.29, 0.717) is 5.75 Å². The summed E-state index contributed by atoms with van der Waals surface area (Å²) in [5.74, 6) is 0.610. The van der Waals surface area contributed by atoms with Gasteiger partial charge in [0, 0.05) is 5.75 Å². The molecule has 0 spiro atoms. The number of fused-ring (bicyclic) bond motifs is 1. The molecule has 0 aliphatic heterocycles. The summed E-state index contributed by atoms with van der Waals surface area (Å²) in [4.78, 5) is 9.35. The molecule has 22 heavy (non-hydrogen) atoms. The van der Waals surface area contributed by atoms with E-state index in [1.165, 1.54) is 11.8 Å². The SMILES string of the molecule is OCCSc1nc2ccccc2nc1/C=C/c1ccccc1. The normalized spacial score (nSPS) is 11.3. The van der Waals surface area contributed by atoms with Gasteiger partial charge in [-0.15, -0.1) is 11.8 Å². The highest BCUT2D eigenvalue weighted by molar-refractivity contribution is 7.99. The molecule has 3 nitrogen and oxygen atoms in total. The summed E-state index contributed by atoms with van der Waals surface area (Å²) in [7, 11) is 0. The number of aliphatic hydroxyl groups excluding tert-OH is 1. The number of rotatable bonds is 5. The first-order valence-corrected chi connectivity index (χ1v) is 8.09. The zero-order chi connectivity index (χ0) is 15.2. The van der Waals surface area contributed by atoms with Crippen LogP contribution in [-0.2, 0) is 0 Å². The Bertz CT molecular complexity index is 787. The number of aromatic nitrogens is 2. The number of para-hydroxylation sites is 2. The topological polar surface area (TPSA) is 46.0 Å². The maximum absolute atomic E-state index is 9.05. The largest absolute Gasteiger partial charge is 0.396 e. The first-order chi connectivity index (χ1) is 10.9. The Morgan fingerprint density at radius 2 is 1.55 bits per heavy atom. The van der Waals surface area contributed by atoms with Crippen molar-refractivity contribution in [1.29, 1.82) is 0 Å². The van der Waals surface area contributed by atoms with E-state index in [1.54, 1.807) is 0 Å². The zero-order valence-corrected chi connectivity index (χ0v) is 12.8. The van der Waals surface area contributed by atoms with E-state index in [4.69, 9.17) is 10.1 Å². The van der Waals surface area contributed by atoms with Crippen LogP contribution >= 0.6 is 11.8 Å². The first-order valence-electron chi connectivity index (χ1n) is 7.10. The van der Waals surface area contributed by atoms with Gasteiger partial charge in [-0.1, -0.05) is 48.5 Å². The lowest BCUT2D eigenvalue weighted by Crippen LogP contribution is -1.95. The molecule has 0 aliphatic rings. The molecular weight excluding hydrogens is 292 g/mol. The fourth-order valence-electron chi connectivity index (χ4n) is 2.09. The van der Waals surface area contributed by atoms with Gasteiger partial charge >= 0.3 is 0 Å². The standard InChI is InChI=1S/C18H16N2OS/c21-12-13-22-18-17(11-10-14-6-2-1-3-7-14)19-15-8-4-5-9-16(15)20-18/h1-11,21H,12-13H2/b11-10+. The second-order valence-corrected chi connectivity index (χ2v) is 5.80. The number of aliphatic hydroxyl groups is 1. The first kappa shape index (κ1) is 14.8. The maximum atomic E-state index is 9.05. The van der Waals surface area contributed by atoms with Crippen molar-refractivity contribution in [1.82, 2.24) is 9.97 Å². The summed E-state index contributed by atoms with van der Waals surface area (Å²) in [6.07, 6.45) is 4.01. The van der Waals surface area contributed by atoms with Crippen LogP contribution in [0.5, 0.6) is 0 Å². The second-order valence-electron chi connectivity index (χ2n) is 4.72. The summed E-state index contributed by atoms with van der Waals surface area (Å²) in [5, 5.41) is 9.90. The minimum atomic E-state index is 0.126. The van der Waals surface area contributed by atoms with Crippen molar-refractivity contribution >= 4 is 34.9 Å². The molecule has 0 saturated heterocycles. The Balaban J connectivity index is 1.99. The van der Waals surface area contributed by atoms with Crippen LogP contribution in [0, 0.1) is 0 Å². The molecule has 1 heterocycles. The molecule has 3 rings (SSSR count). The van der Waals surface area contributed by atoms with Gasteiger partial charge in [0.25, 0.3) is 0 Å². The predicted octanol–water partition coefficient (Wildman–Crippen LogP) is 3.88. The molecule has 0 aliphatic carbocycles. The Morgan fingerprint density at radius 3 is 2.27 bits per heavy atom. The van der Waals surface area contributed by atoms with Gasteiger partial charge in [0.2, 0.25) is 0 Å². The molecule has 0 unspecified atom stereocenters. The van der Waals surface area contributed by atoms with Crippen molar-refractivity contribution in [2.45, 2.75) is 5.03 Å². The number of thioether (sulfide) groups is 1. The van der Waals surface area contributed by atoms with Crippen molar-refractivity contribution < 1.29 is 5.11 Å². The predicted molar refractivity (Wildman–Crippen MR) is 92.7 cm³/mol. The van der Waals surface area contributed by atoms with Crippen LogP contribution in [0.2, 0.25) is 0 Å². The zero-order valence-electron chi connectivity index (χ0n) is 12.0. The lowest BCUT2D eigenvalue weighted by atomic mass is 10.2. The van der Waals surface area contributed by atoms with Crippen molar-refractivity contribution in [3.8, 4) is 0 Å². The van der Waals surface area contributed by atoms with Gasteiger partial charge in [0.15, 0.2) is 0 Å². The third-order valence-electron chi connectivity index (χ3n) is 3.13. The van der Waals surface area contributed by atoms with Gasteiger partial charge in [0.1, 0.15) is 5.03 Å². The summed E-state index contributed by atoms with van der Waals surface area (Å²) in [6, 6.07) is 17.9. The summed E-state index contributed by atoms with van der Waals surface area (Å²) in [5.41, 5.74) is 3.71. The van der Waals surface area contributed by atoms with E-state index in [-0.39, 0.29) is 6.61 Å². The average molecular weight is 308 g/mol. The summed E-state index contributed by atoms with van der Waals surface area (Å²) < 4.78 is 0. The third kappa shape index (κ3) is 3.53. The molecule has 0 amide bonds. The molecule has 3 aromatic rings. The molecule has 4 heteroatoms. The Labute approximate surface area is 133 Å².